The second-order valence-electron chi connectivity index (χ2n) is 9.47. The van der Waals surface area contributed by atoms with E-state index in [1.54, 1.807) is 11.0 Å². The maximum atomic E-state index is 13.9. The van der Waals surface area contributed by atoms with Crippen molar-refractivity contribution in [3.63, 3.8) is 0 Å². The van der Waals surface area contributed by atoms with Crippen molar-refractivity contribution < 1.29 is 14.3 Å². The Labute approximate surface area is 205 Å². The van der Waals surface area contributed by atoms with E-state index in [0.29, 0.717) is 24.9 Å². The summed E-state index contributed by atoms with van der Waals surface area (Å²) in [6, 6.07) is 10.4. The molecule has 8 heteroatoms. The van der Waals surface area contributed by atoms with E-state index in [9.17, 15) is 14.3 Å². The lowest BCUT2D eigenvalue weighted by Gasteiger charge is -2.38. The first-order valence-electron chi connectivity index (χ1n) is 11.4. The van der Waals surface area contributed by atoms with Crippen LogP contribution in [0.3, 0.4) is 0 Å². The zero-order valence-corrected chi connectivity index (χ0v) is 20.7. The Hall–Kier alpha value is -1.96. The third-order valence-electron chi connectivity index (χ3n) is 7.00. The van der Waals surface area contributed by atoms with Gasteiger partial charge in [0.2, 0.25) is 5.91 Å². The van der Waals surface area contributed by atoms with Gasteiger partial charge in [-0.1, -0.05) is 27.5 Å². The molecule has 174 valence electrons. The van der Waals surface area contributed by atoms with Gasteiger partial charge in [0.05, 0.1) is 27.7 Å². The first-order valence-corrected chi connectivity index (χ1v) is 12.6. The van der Waals surface area contributed by atoms with Crippen molar-refractivity contribution in [1.29, 1.82) is 0 Å². The molecule has 0 spiro atoms. The highest BCUT2D eigenvalue weighted by Gasteiger charge is 2.37. The monoisotopic (exact) mass is 533 g/mol. The van der Waals surface area contributed by atoms with Crippen LogP contribution in [-0.2, 0) is 4.79 Å². The number of piperidine rings is 1. The number of aliphatic hydroxyl groups is 1. The number of hydrogen-bond donors (Lipinski definition) is 1. The van der Waals surface area contributed by atoms with Gasteiger partial charge in [0.1, 0.15) is 11.6 Å². The predicted octanol–water partition coefficient (Wildman–Crippen LogP) is 6.72. The summed E-state index contributed by atoms with van der Waals surface area (Å²) in [4.78, 5) is 19.9. The quantitative estimate of drug-likeness (QED) is 0.406. The number of carbonyl (C=O) groups excluding carboxylic acids is 1. The summed E-state index contributed by atoms with van der Waals surface area (Å²) >= 11 is 9.62. The minimum Gasteiger partial charge on any atom is -0.390 e. The van der Waals surface area contributed by atoms with Crippen LogP contribution in [0.1, 0.15) is 69.8 Å². The average Bonchev–Trinajstić information content (AvgIpc) is 3.14. The number of carbonyl (C=O) groups is 1. The van der Waals surface area contributed by atoms with Crippen molar-refractivity contribution in [1.82, 2.24) is 9.55 Å². The molecule has 5 rings (SSSR count). The van der Waals surface area contributed by atoms with Gasteiger partial charge in [0.15, 0.2) is 0 Å². The second kappa shape index (κ2) is 8.67. The molecule has 2 fully saturated rings. The molecule has 1 aliphatic heterocycles. The molecule has 0 bridgehead atoms. The van der Waals surface area contributed by atoms with Gasteiger partial charge in [-0.25, -0.2) is 9.37 Å². The van der Waals surface area contributed by atoms with Gasteiger partial charge in [0, 0.05) is 22.6 Å². The first-order chi connectivity index (χ1) is 15.7. The average molecular weight is 535 g/mol. The van der Waals surface area contributed by atoms with Gasteiger partial charge >= 0.3 is 0 Å². The highest BCUT2D eigenvalue weighted by Crippen LogP contribution is 2.42. The van der Waals surface area contributed by atoms with E-state index < -0.39 is 11.4 Å². The number of aromatic nitrogens is 2. The molecule has 2 aromatic carbocycles. The molecule has 5 nitrogen and oxygen atoms in total. The van der Waals surface area contributed by atoms with Crippen molar-refractivity contribution in [3.05, 3.63) is 57.5 Å². The molecule has 1 unspecified atom stereocenters. The zero-order valence-electron chi connectivity index (χ0n) is 18.4. The van der Waals surface area contributed by atoms with Crippen LogP contribution in [0, 0.1) is 5.82 Å². The van der Waals surface area contributed by atoms with Crippen LogP contribution in [-0.4, -0.2) is 26.2 Å². The lowest BCUT2D eigenvalue weighted by atomic mass is 9.83. The molecule has 1 aliphatic carbocycles. The SMILES string of the molecule is CC1(O)CCC(n2c(C3CCCC(=O)N3c3ccc(F)c(Cl)c3)nc3cc(Br)ccc32)CC1. The summed E-state index contributed by atoms with van der Waals surface area (Å²) in [5.74, 6) is 0.316. The number of anilines is 1. The lowest BCUT2D eigenvalue weighted by Crippen LogP contribution is -2.40. The fraction of sp³-hybridized carbons (Fsp3) is 0.440. The largest absolute Gasteiger partial charge is 0.390 e. The molecule has 2 heterocycles. The van der Waals surface area contributed by atoms with E-state index in [0.717, 1.165) is 47.0 Å². The number of rotatable bonds is 3. The Morgan fingerprint density at radius 2 is 1.94 bits per heavy atom. The van der Waals surface area contributed by atoms with E-state index in [1.165, 1.54) is 12.1 Å². The Balaban J connectivity index is 1.64. The van der Waals surface area contributed by atoms with Crippen molar-refractivity contribution in [3.8, 4) is 0 Å². The van der Waals surface area contributed by atoms with Gasteiger partial charge < -0.3 is 14.6 Å². The molecule has 3 aromatic rings. The summed E-state index contributed by atoms with van der Waals surface area (Å²) in [6.07, 6.45) is 5.07. The van der Waals surface area contributed by atoms with E-state index in [1.807, 2.05) is 19.1 Å². The summed E-state index contributed by atoms with van der Waals surface area (Å²) < 4.78 is 17.1. The molecule has 1 saturated carbocycles. The highest BCUT2D eigenvalue weighted by atomic mass is 79.9. The van der Waals surface area contributed by atoms with Crippen LogP contribution < -0.4 is 4.90 Å². The number of fused-ring (bicyclic) bond motifs is 1. The van der Waals surface area contributed by atoms with Crippen LogP contribution >= 0.6 is 27.5 Å². The van der Waals surface area contributed by atoms with Crippen LogP contribution in [0.4, 0.5) is 10.1 Å². The maximum Gasteiger partial charge on any atom is 0.227 e. The number of halogens is 3. The summed E-state index contributed by atoms with van der Waals surface area (Å²) in [6.45, 7) is 1.90. The van der Waals surface area contributed by atoms with Gasteiger partial charge in [-0.3, -0.25) is 4.79 Å². The summed E-state index contributed by atoms with van der Waals surface area (Å²) in [7, 11) is 0. The molecule has 1 aromatic heterocycles. The molecular weight excluding hydrogens is 509 g/mol. The molecule has 1 atom stereocenters. The molecular formula is C25H26BrClFN3O2. The Morgan fingerprint density at radius 1 is 1.18 bits per heavy atom. The molecule has 33 heavy (non-hydrogen) atoms. The maximum absolute atomic E-state index is 13.9. The van der Waals surface area contributed by atoms with Crippen LogP contribution in [0.15, 0.2) is 40.9 Å². The van der Waals surface area contributed by atoms with Gasteiger partial charge in [-0.15, -0.1) is 0 Å². The van der Waals surface area contributed by atoms with Gasteiger partial charge in [-0.2, -0.15) is 0 Å². The third kappa shape index (κ3) is 4.31. The van der Waals surface area contributed by atoms with Gasteiger partial charge in [0.25, 0.3) is 0 Å². The van der Waals surface area contributed by atoms with E-state index in [4.69, 9.17) is 16.6 Å². The molecule has 2 aliphatic rings. The van der Waals surface area contributed by atoms with Crippen LogP contribution in [0.5, 0.6) is 0 Å². The number of amides is 1. The number of imidazole rings is 1. The lowest BCUT2D eigenvalue weighted by molar-refractivity contribution is -0.120. The fourth-order valence-electron chi connectivity index (χ4n) is 5.27. The minimum absolute atomic E-state index is 0.00318. The van der Waals surface area contributed by atoms with Gasteiger partial charge in [-0.05, 0) is 81.8 Å². The minimum atomic E-state index is -0.645. The Morgan fingerprint density at radius 3 is 2.67 bits per heavy atom. The fourth-order valence-corrected chi connectivity index (χ4v) is 5.79. The van der Waals surface area contributed by atoms with Crippen molar-refractivity contribution in [2.45, 2.75) is 69.6 Å². The molecule has 1 saturated heterocycles. The van der Waals surface area contributed by atoms with Crippen molar-refractivity contribution in [2.75, 3.05) is 4.90 Å². The Bertz CT molecular complexity index is 1220. The summed E-state index contributed by atoms with van der Waals surface area (Å²) in [5.41, 5.74) is 1.83. The zero-order chi connectivity index (χ0) is 23.3. The normalized spacial score (nSPS) is 26.2. The predicted molar refractivity (Wildman–Crippen MR) is 131 cm³/mol. The number of benzene rings is 2. The topological polar surface area (TPSA) is 58.4 Å². The number of nitrogens with zero attached hydrogens (tertiary/aromatic N) is 3. The van der Waals surface area contributed by atoms with E-state index in [2.05, 4.69) is 26.6 Å². The van der Waals surface area contributed by atoms with Crippen molar-refractivity contribution >= 4 is 50.2 Å². The third-order valence-corrected chi connectivity index (χ3v) is 7.79. The summed E-state index contributed by atoms with van der Waals surface area (Å²) in [5, 5.41) is 10.5. The van der Waals surface area contributed by atoms with E-state index >= 15 is 0 Å². The van der Waals surface area contributed by atoms with Crippen LogP contribution in [0.2, 0.25) is 5.02 Å². The first kappa shape index (κ1) is 22.8. The molecule has 0 radical (unpaired) electrons. The smallest absolute Gasteiger partial charge is 0.227 e. The molecule has 1 amide bonds. The standard InChI is InChI=1S/C25H26BrClFN3O2/c1-25(33)11-9-16(10-12-25)31-21-8-5-15(26)13-20(21)29-24(31)22-3-2-4-23(32)30(22)17-6-7-19(28)18(27)14-17/h5-8,13-14,16,22,33H,2-4,9-12H2,1H3. The Kier molecular flexibility index (Phi) is 6.00. The van der Waals surface area contributed by atoms with Crippen molar-refractivity contribution in [2.24, 2.45) is 0 Å². The highest BCUT2D eigenvalue weighted by molar-refractivity contribution is 9.10. The second-order valence-corrected chi connectivity index (χ2v) is 10.8. The number of hydrogen-bond acceptors (Lipinski definition) is 3. The molecule has 1 N–H and O–H groups in total. The van der Waals surface area contributed by atoms with Crippen LogP contribution in [0.25, 0.3) is 11.0 Å². The van der Waals surface area contributed by atoms with E-state index in [-0.39, 0.29) is 23.0 Å².